The maximum absolute atomic E-state index is 11.0. The first-order valence-electron chi connectivity index (χ1n) is 3.36. The third-order valence-electron chi connectivity index (χ3n) is 2.75. The van der Waals surface area contributed by atoms with Crippen LogP contribution in [0.15, 0.2) is 0 Å². The molecule has 0 spiro atoms. The maximum Gasteiger partial charge on any atom is 0.153 e. The summed E-state index contributed by atoms with van der Waals surface area (Å²) in [4.78, 5) is 11.0. The van der Waals surface area contributed by atoms with Crippen LogP contribution in [0.25, 0.3) is 0 Å². The Morgan fingerprint density at radius 2 is 2.11 bits per heavy atom. The van der Waals surface area contributed by atoms with Crippen LogP contribution < -0.4 is 0 Å². The van der Waals surface area contributed by atoms with Crippen molar-refractivity contribution in [1.29, 1.82) is 0 Å². The van der Waals surface area contributed by atoms with Crippen LogP contribution in [0.1, 0.15) is 19.3 Å². The third kappa shape index (κ3) is 0.536. The Hall–Kier alpha value is -0.0400. The van der Waals surface area contributed by atoms with Gasteiger partial charge in [0.15, 0.2) is 5.78 Å². The number of ketones is 1. The minimum absolute atomic E-state index is 0.104. The van der Waals surface area contributed by atoms with Crippen molar-refractivity contribution in [2.45, 2.75) is 19.3 Å². The van der Waals surface area contributed by atoms with E-state index in [-0.39, 0.29) is 17.1 Å². The molecule has 0 radical (unpaired) electrons. The summed E-state index contributed by atoms with van der Waals surface area (Å²) in [6.07, 6.45) is 3.41. The predicted molar refractivity (Wildman–Crippen MR) is 35.5 cm³/mol. The van der Waals surface area contributed by atoms with Gasteiger partial charge < -0.3 is 0 Å². The number of carbonyl (C=O) groups excluding carboxylic acids is 1. The molecule has 0 heterocycles. The minimum Gasteiger partial charge on any atom is -0.298 e. The Kier molecular flexibility index (Phi) is 0.963. The first-order chi connectivity index (χ1) is 4.27. The fraction of sp³-hybridized carbons (Fsp3) is 0.857. The summed E-state index contributed by atoms with van der Waals surface area (Å²) >= 11 is 5.42. The Balaban J connectivity index is 2.05. The van der Waals surface area contributed by atoms with Crippen LogP contribution in [0.5, 0.6) is 0 Å². The molecule has 0 aromatic heterocycles. The molecule has 0 saturated heterocycles. The molecule has 2 heteroatoms. The topological polar surface area (TPSA) is 17.1 Å². The van der Waals surface area contributed by atoms with Crippen LogP contribution in [-0.4, -0.2) is 11.7 Å². The molecular formula is C7H9ClO. The van der Waals surface area contributed by atoms with Crippen molar-refractivity contribution in [3.63, 3.8) is 0 Å². The number of halogens is 1. The van der Waals surface area contributed by atoms with E-state index < -0.39 is 0 Å². The number of Topliss-reactive ketones (excluding diaryl/α,β-unsaturated/α-hetero) is 1. The summed E-state index contributed by atoms with van der Waals surface area (Å²) in [5.74, 6) is 1.40. The van der Waals surface area contributed by atoms with Crippen molar-refractivity contribution < 1.29 is 4.79 Å². The largest absolute Gasteiger partial charge is 0.298 e. The molecule has 1 nitrogen and oxygen atoms in total. The monoisotopic (exact) mass is 144 g/mol. The zero-order valence-corrected chi connectivity index (χ0v) is 5.95. The van der Waals surface area contributed by atoms with Crippen LogP contribution in [0.4, 0.5) is 0 Å². The molecule has 0 amide bonds. The highest BCUT2D eigenvalue weighted by molar-refractivity contribution is 6.28. The van der Waals surface area contributed by atoms with E-state index in [1.807, 2.05) is 0 Å². The average molecular weight is 145 g/mol. The van der Waals surface area contributed by atoms with Crippen molar-refractivity contribution in [3.8, 4) is 0 Å². The Bertz CT molecular complexity index is 147. The second kappa shape index (κ2) is 1.51. The van der Waals surface area contributed by atoms with E-state index in [1.165, 1.54) is 0 Å². The summed E-state index contributed by atoms with van der Waals surface area (Å²) < 4.78 is 0. The highest BCUT2D eigenvalue weighted by Gasteiger charge is 2.60. The van der Waals surface area contributed by atoms with Gasteiger partial charge in [0.2, 0.25) is 0 Å². The molecule has 0 atom stereocenters. The number of rotatable bonds is 2. The summed E-state index contributed by atoms with van der Waals surface area (Å²) in [5.41, 5.74) is 0.104. The lowest BCUT2D eigenvalue weighted by molar-refractivity contribution is -0.159. The molecule has 0 unspecified atom stereocenters. The van der Waals surface area contributed by atoms with Gasteiger partial charge in [-0.15, -0.1) is 11.6 Å². The first-order valence-corrected chi connectivity index (χ1v) is 3.89. The first kappa shape index (κ1) is 5.72. The van der Waals surface area contributed by atoms with Gasteiger partial charge in [-0.2, -0.15) is 0 Å². The van der Waals surface area contributed by atoms with E-state index in [4.69, 9.17) is 11.6 Å². The van der Waals surface area contributed by atoms with Gasteiger partial charge in [-0.25, -0.2) is 0 Å². The molecule has 0 aromatic rings. The normalized spacial score (nSPS) is 45.2. The van der Waals surface area contributed by atoms with Crippen molar-refractivity contribution >= 4 is 17.4 Å². The van der Waals surface area contributed by atoms with E-state index in [1.54, 1.807) is 0 Å². The summed E-state index contributed by atoms with van der Waals surface area (Å²) in [7, 11) is 0. The molecule has 50 valence electrons. The van der Waals surface area contributed by atoms with Crippen LogP contribution in [0.3, 0.4) is 0 Å². The maximum atomic E-state index is 11.0. The number of hydrogen-bond donors (Lipinski definition) is 0. The molecule has 3 fully saturated rings. The summed E-state index contributed by atoms with van der Waals surface area (Å²) in [6.45, 7) is 0. The van der Waals surface area contributed by atoms with E-state index >= 15 is 0 Å². The van der Waals surface area contributed by atoms with Gasteiger partial charge in [-0.1, -0.05) is 0 Å². The van der Waals surface area contributed by atoms with Crippen molar-refractivity contribution in [2.24, 2.45) is 11.3 Å². The van der Waals surface area contributed by atoms with E-state index in [0.717, 1.165) is 25.2 Å². The fourth-order valence-corrected chi connectivity index (χ4v) is 2.25. The number of alkyl halides is 1. The van der Waals surface area contributed by atoms with Crippen LogP contribution in [0, 0.1) is 11.3 Å². The Morgan fingerprint density at radius 3 is 2.22 bits per heavy atom. The van der Waals surface area contributed by atoms with Crippen molar-refractivity contribution in [2.75, 3.05) is 5.88 Å². The number of hydrogen-bond acceptors (Lipinski definition) is 1. The van der Waals surface area contributed by atoms with Crippen LogP contribution >= 0.6 is 11.6 Å². The Labute approximate surface area is 59.4 Å². The summed E-state index contributed by atoms with van der Waals surface area (Å²) in [6, 6.07) is 0. The van der Waals surface area contributed by atoms with Gasteiger partial charge in [-0.05, 0) is 25.2 Å². The van der Waals surface area contributed by atoms with Gasteiger partial charge in [0.1, 0.15) is 0 Å². The van der Waals surface area contributed by atoms with Crippen LogP contribution in [0.2, 0.25) is 0 Å². The molecule has 3 aliphatic rings. The zero-order valence-electron chi connectivity index (χ0n) is 5.19. The third-order valence-corrected chi connectivity index (χ3v) is 2.99. The SMILES string of the molecule is O=C(CCl)C12CC(C1)C2. The van der Waals surface area contributed by atoms with E-state index in [9.17, 15) is 4.79 Å². The number of carbonyl (C=O) groups is 1. The second-order valence-corrected chi connectivity index (χ2v) is 3.58. The minimum atomic E-state index is 0.104. The molecule has 2 bridgehead atoms. The van der Waals surface area contributed by atoms with Gasteiger partial charge in [0, 0.05) is 5.41 Å². The highest BCUT2D eigenvalue weighted by atomic mass is 35.5. The smallest absolute Gasteiger partial charge is 0.153 e. The lowest BCUT2D eigenvalue weighted by Crippen LogP contribution is -2.57. The molecule has 0 aliphatic heterocycles. The lowest BCUT2D eigenvalue weighted by atomic mass is 9.43. The second-order valence-electron chi connectivity index (χ2n) is 3.32. The average Bonchev–Trinajstić information content (AvgIpc) is 1.57. The molecule has 0 N–H and O–H groups in total. The van der Waals surface area contributed by atoms with E-state index in [0.29, 0.717) is 0 Å². The molecule has 3 rings (SSSR count). The molecule has 3 aliphatic carbocycles. The fourth-order valence-electron chi connectivity index (χ4n) is 1.96. The standard InChI is InChI=1S/C7H9ClO/c8-4-6(9)7-1-5(2-7)3-7/h5H,1-4H2. The molecular weight excluding hydrogens is 136 g/mol. The lowest BCUT2D eigenvalue weighted by Gasteiger charge is -2.60. The van der Waals surface area contributed by atoms with Gasteiger partial charge in [0.05, 0.1) is 5.88 Å². The van der Waals surface area contributed by atoms with Crippen molar-refractivity contribution in [3.05, 3.63) is 0 Å². The molecule has 0 aromatic carbocycles. The highest BCUT2D eigenvalue weighted by Crippen LogP contribution is 2.64. The molecule has 9 heavy (non-hydrogen) atoms. The van der Waals surface area contributed by atoms with Crippen molar-refractivity contribution in [1.82, 2.24) is 0 Å². The summed E-state index contributed by atoms with van der Waals surface area (Å²) in [5, 5.41) is 0. The van der Waals surface area contributed by atoms with Gasteiger partial charge in [0.25, 0.3) is 0 Å². The zero-order chi connectivity index (χ0) is 6.48. The quantitative estimate of drug-likeness (QED) is 0.538. The predicted octanol–water partition coefficient (Wildman–Crippen LogP) is 1.59. The Morgan fingerprint density at radius 1 is 1.56 bits per heavy atom. The van der Waals surface area contributed by atoms with Gasteiger partial charge in [-0.3, -0.25) is 4.79 Å². The van der Waals surface area contributed by atoms with E-state index in [2.05, 4.69) is 0 Å². The van der Waals surface area contributed by atoms with Gasteiger partial charge >= 0.3 is 0 Å². The molecule has 3 saturated carbocycles. The van der Waals surface area contributed by atoms with Crippen LogP contribution in [-0.2, 0) is 4.79 Å².